The number of methoxy groups -OCH3 is 1. The van der Waals surface area contributed by atoms with E-state index < -0.39 is 12.4 Å². The summed E-state index contributed by atoms with van der Waals surface area (Å²) in [5.74, 6) is 0.0736. The first-order valence-corrected chi connectivity index (χ1v) is 5.99. The van der Waals surface area contributed by atoms with Gasteiger partial charge >= 0.3 is 58.4 Å². The van der Waals surface area contributed by atoms with Gasteiger partial charge in [0, 0.05) is 0 Å². The molecule has 0 unspecified atom stereocenters. The van der Waals surface area contributed by atoms with E-state index in [1.54, 1.807) is 0 Å². The van der Waals surface area contributed by atoms with E-state index in [-0.39, 0.29) is 62.9 Å². The minimum Gasteiger partial charge on any atom is -0.497 e. The largest absolute Gasteiger partial charge is 1.00 e. The van der Waals surface area contributed by atoms with Crippen LogP contribution in [0.1, 0.15) is 26.2 Å². The molecule has 0 aliphatic carbocycles. The molecule has 1 aromatic carbocycles. The summed E-state index contributed by atoms with van der Waals surface area (Å²) >= 11 is 0. The maximum atomic E-state index is 12.9. The van der Waals surface area contributed by atoms with Gasteiger partial charge in [-0.3, -0.25) is 0 Å². The number of hydrogen-bond acceptors (Lipinski definition) is 2. The molecule has 7 heteroatoms. The average Bonchev–Trinajstić information content (AvgIpc) is 2.33. The maximum absolute atomic E-state index is 12.9. The van der Waals surface area contributed by atoms with Crippen molar-refractivity contribution in [2.24, 2.45) is 0 Å². The predicted molar refractivity (Wildman–Crippen MR) is 66.7 cm³/mol. The monoisotopic (exact) mass is 300 g/mol. The van der Waals surface area contributed by atoms with Crippen LogP contribution in [0.4, 0.5) is 12.9 Å². The predicted octanol–water partition coefficient (Wildman–Crippen LogP) is 0.323. The van der Waals surface area contributed by atoms with Crippen molar-refractivity contribution >= 4 is 12.4 Å². The van der Waals surface area contributed by atoms with Crippen molar-refractivity contribution in [1.29, 1.82) is 0 Å². The smallest absolute Gasteiger partial charge is 0.497 e. The summed E-state index contributed by atoms with van der Waals surface area (Å²) < 4.78 is 48.6. The standard InChI is InChI=1S/C12H17BF3O2.K/c1-3-4-5-8-18-12-7-6-10(17-2)9-11(12)13(14,15)16;/h6-7,9H,3-5,8H2,1-2H3;/q-1;+1. The first-order chi connectivity index (χ1) is 8.49. The first-order valence-electron chi connectivity index (χ1n) is 5.99. The Kier molecular flexibility index (Phi) is 9.44. The molecule has 1 aromatic rings. The van der Waals surface area contributed by atoms with Crippen molar-refractivity contribution in [3.63, 3.8) is 0 Å². The van der Waals surface area contributed by atoms with Gasteiger partial charge in [0.05, 0.1) is 19.5 Å². The van der Waals surface area contributed by atoms with Crippen molar-refractivity contribution in [2.45, 2.75) is 26.2 Å². The van der Waals surface area contributed by atoms with E-state index >= 15 is 0 Å². The fourth-order valence-electron chi connectivity index (χ4n) is 1.57. The van der Waals surface area contributed by atoms with Crippen molar-refractivity contribution in [2.75, 3.05) is 13.7 Å². The Bertz CT molecular complexity index is 386. The molecule has 1 rings (SSSR count). The van der Waals surface area contributed by atoms with E-state index in [0.717, 1.165) is 25.3 Å². The molecule has 0 heterocycles. The molecule has 0 aliphatic heterocycles. The molecule has 0 N–H and O–H groups in total. The molecule has 102 valence electrons. The topological polar surface area (TPSA) is 18.5 Å². The zero-order valence-corrected chi connectivity index (χ0v) is 14.7. The van der Waals surface area contributed by atoms with Crippen LogP contribution in [0.25, 0.3) is 0 Å². The summed E-state index contributed by atoms with van der Waals surface area (Å²) in [6, 6.07) is 3.77. The number of unbranched alkanes of at least 4 members (excludes halogenated alkanes) is 2. The molecule has 0 saturated heterocycles. The van der Waals surface area contributed by atoms with Crippen molar-refractivity contribution in [3.8, 4) is 11.5 Å². The summed E-state index contributed by atoms with van der Waals surface area (Å²) in [4.78, 5) is 0. The van der Waals surface area contributed by atoms with E-state index in [1.807, 2.05) is 6.92 Å². The molecule has 0 bridgehead atoms. The number of hydrogen-bond donors (Lipinski definition) is 0. The van der Waals surface area contributed by atoms with Gasteiger partial charge in [-0.1, -0.05) is 25.2 Å². The fourth-order valence-corrected chi connectivity index (χ4v) is 1.57. The summed E-state index contributed by atoms with van der Waals surface area (Å²) in [6.07, 6.45) is 2.71. The van der Waals surface area contributed by atoms with Crippen LogP contribution in [-0.2, 0) is 0 Å². The Labute approximate surface area is 154 Å². The van der Waals surface area contributed by atoms with Crippen molar-refractivity contribution < 1.29 is 73.8 Å². The second kappa shape index (κ2) is 9.28. The Morgan fingerprint density at radius 1 is 1.16 bits per heavy atom. The zero-order valence-electron chi connectivity index (χ0n) is 11.6. The molecule has 0 aromatic heterocycles. The van der Waals surface area contributed by atoms with Gasteiger partial charge in [-0.2, -0.15) is 0 Å². The van der Waals surface area contributed by atoms with E-state index in [4.69, 9.17) is 9.47 Å². The van der Waals surface area contributed by atoms with E-state index in [1.165, 1.54) is 19.2 Å². The molecule has 0 atom stereocenters. The molecule has 0 saturated carbocycles. The number of benzene rings is 1. The summed E-state index contributed by atoms with van der Waals surface area (Å²) in [5.41, 5.74) is -0.731. The zero-order chi connectivity index (χ0) is 13.6. The third-order valence-corrected chi connectivity index (χ3v) is 2.58. The van der Waals surface area contributed by atoms with Gasteiger partial charge in [0.1, 0.15) is 5.75 Å². The van der Waals surface area contributed by atoms with Crippen molar-refractivity contribution in [3.05, 3.63) is 18.2 Å². The van der Waals surface area contributed by atoms with Gasteiger partial charge in [0.2, 0.25) is 0 Å². The van der Waals surface area contributed by atoms with Gasteiger partial charge in [-0.25, -0.2) is 0 Å². The Balaban J connectivity index is 0.00000324. The molecule has 19 heavy (non-hydrogen) atoms. The van der Waals surface area contributed by atoms with Gasteiger partial charge in [-0.05, 0) is 24.6 Å². The summed E-state index contributed by atoms with van der Waals surface area (Å²) in [5, 5.41) is 0. The van der Waals surface area contributed by atoms with Gasteiger partial charge in [0.25, 0.3) is 0 Å². The van der Waals surface area contributed by atoms with Gasteiger partial charge in [-0.15, -0.1) is 0 Å². The molecule has 0 amide bonds. The van der Waals surface area contributed by atoms with Crippen LogP contribution in [0.5, 0.6) is 11.5 Å². The quantitative estimate of drug-likeness (QED) is 0.533. The van der Waals surface area contributed by atoms with E-state index in [2.05, 4.69) is 0 Å². The minimum absolute atomic E-state index is 0. The minimum atomic E-state index is -5.09. The van der Waals surface area contributed by atoms with Crippen LogP contribution in [0.15, 0.2) is 18.2 Å². The van der Waals surface area contributed by atoms with Crippen LogP contribution in [0.2, 0.25) is 0 Å². The number of halogens is 3. The second-order valence-corrected chi connectivity index (χ2v) is 4.03. The fraction of sp³-hybridized carbons (Fsp3) is 0.500. The first kappa shape index (κ1) is 19.3. The number of ether oxygens (including phenoxy) is 2. The van der Waals surface area contributed by atoms with E-state index in [9.17, 15) is 12.9 Å². The molecule has 0 radical (unpaired) electrons. The third kappa shape index (κ3) is 6.53. The molecular formula is C12H17BF3KO2. The SMILES string of the molecule is CCCCCOc1ccc(OC)cc1[B-](F)(F)F.[K+]. The second-order valence-electron chi connectivity index (χ2n) is 4.03. The normalized spacial score (nSPS) is 10.8. The van der Waals surface area contributed by atoms with Crippen LogP contribution < -0.4 is 66.3 Å². The molecule has 0 spiro atoms. The average molecular weight is 300 g/mol. The third-order valence-electron chi connectivity index (χ3n) is 2.58. The van der Waals surface area contributed by atoms with Crippen molar-refractivity contribution in [1.82, 2.24) is 0 Å². The van der Waals surface area contributed by atoms with E-state index in [0.29, 0.717) is 6.61 Å². The van der Waals surface area contributed by atoms with Crippen LogP contribution in [-0.4, -0.2) is 20.7 Å². The molecule has 0 aliphatic rings. The summed E-state index contributed by atoms with van der Waals surface area (Å²) in [6.45, 7) is -2.76. The Morgan fingerprint density at radius 3 is 2.37 bits per heavy atom. The Hall–Kier alpha value is 0.311. The van der Waals surface area contributed by atoms with Gasteiger partial charge in [0.15, 0.2) is 0 Å². The Morgan fingerprint density at radius 2 is 1.84 bits per heavy atom. The van der Waals surface area contributed by atoms with Crippen LogP contribution in [0.3, 0.4) is 0 Å². The van der Waals surface area contributed by atoms with Gasteiger partial charge < -0.3 is 22.4 Å². The summed E-state index contributed by atoms with van der Waals surface area (Å²) in [7, 11) is 1.34. The molecule has 0 fully saturated rings. The molecule has 2 nitrogen and oxygen atoms in total. The van der Waals surface area contributed by atoms with Crippen LogP contribution >= 0.6 is 0 Å². The molecular weight excluding hydrogens is 283 g/mol. The maximum Gasteiger partial charge on any atom is 1.00 e. The van der Waals surface area contributed by atoms with Crippen LogP contribution in [0, 0.1) is 0 Å². The number of rotatable bonds is 7.